The van der Waals surface area contributed by atoms with E-state index in [0.29, 0.717) is 0 Å². The SMILES string of the molecule is C#CC1(C(F)(F)C(F)(F)F)CC1. The average molecular weight is 184 g/mol. The van der Waals surface area contributed by atoms with E-state index in [9.17, 15) is 22.0 Å². The van der Waals surface area contributed by atoms with E-state index in [2.05, 4.69) is 6.42 Å². The normalized spacial score (nSPS) is 21.7. The highest BCUT2D eigenvalue weighted by Gasteiger charge is 2.74. The molecule has 0 saturated heterocycles. The zero-order chi connectivity index (χ0) is 9.62. The largest absolute Gasteiger partial charge is 0.454 e. The summed E-state index contributed by atoms with van der Waals surface area (Å²) >= 11 is 0. The fourth-order valence-electron chi connectivity index (χ4n) is 0.945. The molecule has 0 atom stereocenters. The van der Waals surface area contributed by atoms with Crippen molar-refractivity contribution in [3.63, 3.8) is 0 Å². The van der Waals surface area contributed by atoms with Crippen LogP contribution in [0.25, 0.3) is 0 Å². The highest BCUT2D eigenvalue weighted by molar-refractivity contribution is 5.22. The van der Waals surface area contributed by atoms with Gasteiger partial charge in [0.15, 0.2) is 0 Å². The van der Waals surface area contributed by atoms with Crippen molar-refractivity contribution in [1.82, 2.24) is 0 Å². The Labute approximate surface area is 65.7 Å². The van der Waals surface area contributed by atoms with Crippen molar-refractivity contribution < 1.29 is 22.0 Å². The molecule has 12 heavy (non-hydrogen) atoms. The van der Waals surface area contributed by atoms with Crippen LogP contribution in [0.1, 0.15) is 12.8 Å². The standard InChI is InChI=1S/C7H5F5/c1-2-5(3-4-5)6(8,9)7(10,11)12/h1H,3-4H2. The van der Waals surface area contributed by atoms with Crippen molar-refractivity contribution in [2.24, 2.45) is 5.41 Å². The number of rotatable bonds is 1. The van der Waals surface area contributed by atoms with Gasteiger partial charge < -0.3 is 0 Å². The van der Waals surface area contributed by atoms with Crippen LogP contribution in [-0.4, -0.2) is 12.1 Å². The number of hydrogen-bond donors (Lipinski definition) is 0. The minimum Gasteiger partial charge on any atom is -0.195 e. The summed E-state index contributed by atoms with van der Waals surface area (Å²) in [5.41, 5.74) is -2.26. The first kappa shape index (κ1) is 9.30. The Kier molecular flexibility index (Phi) is 1.64. The second-order valence-electron chi connectivity index (χ2n) is 2.80. The number of hydrogen-bond acceptors (Lipinski definition) is 0. The first-order valence-corrected chi connectivity index (χ1v) is 3.19. The second-order valence-corrected chi connectivity index (χ2v) is 2.80. The molecule has 1 rings (SSSR count). The van der Waals surface area contributed by atoms with Crippen LogP contribution >= 0.6 is 0 Å². The molecule has 0 radical (unpaired) electrons. The van der Waals surface area contributed by atoms with E-state index in [1.165, 1.54) is 5.92 Å². The van der Waals surface area contributed by atoms with Crippen LogP contribution in [0, 0.1) is 17.8 Å². The molecule has 1 saturated carbocycles. The first-order valence-electron chi connectivity index (χ1n) is 3.19. The van der Waals surface area contributed by atoms with Crippen LogP contribution < -0.4 is 0 Å². The summed E-state index contributed by atoms with van der Waals surface area (Å²) in [5.74, 6) is -3.21. The van der Waals surface area contributed by atoms with E-state index >= 15 is 0 Å². The third kappa shape index (κ3) is 0.977. The monoisotopic (exact) mass is 184 g/mol. The molecule has 0 amide bonds. The van der Waals surface area contributed by atoms with E-state index in [4.69, 9.17) is 0 Å². The summed E-state index contributed by atoms with van der Waals surface area (Å²) in [6.45, 7) is 0. The third-order valence-corrected chi connectivity index (χ3v) is 1.98. The highest BCUT2D eigenvalue weighted by atomic mass is 19.4. The van der Waals surface area contributed by atoms with Gasteiger partial charge in [-0.15, -0.1) is 6.42 Å². The lowest BCUT2D eigenvalue weighted by Crippen LogP contribution is -2.44. The average Bonchev–Trinajstić information content (AvgIpc) is 2.64. The summed E-state index contributed by atoms with van der Waals surface area (Å²) in [5, 5.41) is 0. The summed E-state index contributed by atoms with van der Waals surface area (Å²) < 4.78 is 60.1. The Morgan fingerprint density at radius 2 is 1.50 bits per heavy atom. The summed E-state index contributed by atoms with van der Waals surface area (Å²) in [4.78, 5) is 0. The van der Waals surface area contributed by atoms with Gasteiger partial charge in [0.1, 0.15) is 5.41 Å². The van der Waals surface area contributed by atoms with Crippen LogP contribution in [0.5, 0.6) is 0 Å². The topological polar surface area (TPSA) is 0 Å². The number of terminal acetylenes is 1. The van der Waals surface area contributed by atoms with Gasteiger partial charge >= 0.3 is 12.1 Å². The van der Waals surface area contributed by atoms with Crippen molar-refractivity contribution in [2.75, 3.05) is 0 Å². The molecule has 0 aliphatic heterocycles. The molecule has 0 nitrogen and oxygen atoms in total. The van der Waals surface area contributed by atoms with Crippen LogP contribution in [0.3, 0.4) is 0 Å². The van der Waals surface area contributed by atoms with Crippen LogP contribution in [0.2, 0.25) is 0 Å². The van der Waals surface area contributed by atoms with Gasteiger partial charge in [-0.25, -0.2) is 0 Å². The quantitative estimate of drug-likeness (QED) is 0.434. The van der Waals surface area contributed by atoms with Crippen LogP contribution in [-0.2, 0) is 0 Å². The molecule has 0 heterocycles. The Morgan fingerprint density at radius 1 is 1.08 bits per heavy atom. The predicted octanol–water partition coefficient (Wildman–Crippen LogP) is 2.60. The zero-order valence-corrected chi connectivity index (χ0v) is 5.88. The maximum absolute atomic E-state index is 12.5. The van der Waals surface area contributed by atoms with Crippen LogP contribution in [0.15, 0.2) is 0 Å². The maximum Gasteiger partial charge on any atom is 0.454 e. The minimum atomic E-state index is -5.53. The van der Waals surface area contributed by atoms with Crippen molar-refractivity contribution >= 4 is 0 Å². The van der Waals surface area contributed by atoms with E-state index in [-0.39, 0.29) is 12.8 Å². The highest BCUT2D eigenvalue weighted by Crippen LogP contribution is 2.61. The van der Waals surface area contributed by atoms with Gasteiger partial charge in [0.25, 0.3) is 0 Å². The number of alkyl halides is 5. The Balaban J connectivity index is 2.95. The molecular weight excluding hydrogens is 179 g/mol. The molecule has 1 aliphatic rings. The molecule has 0 aromatic carbocycles. The van der Waals surface area contributed by atoms with Gasteiger partial charge in [-0.3, -0.25) is 0 Å². The van der Waals surface area contributed by atoms with Crippen LogP contribution in [0.4, 0.5) is 22.0 Å². The first-order chi connectivity index (χ1) is 5.27. The Bertz CT molecular complexity index is 227. The molecule has 0 unspecified atom stereocenters. The predicted molar refractivity (Wildman–Crippen MR) is 31.5 cm³/mol. The summed E-state index contributed by atoms with van der Waals surface area (Å²) in [6.07, 6.45) is -1.42. The Morgan fingerprint density at radius 3 is 1.58 bits per heavy atom. The van der Waals surface area contributed by atoms with Gasteiger partial charge in [0.05, 0.1) is 0 Å². The summed E-state index contributed by atoms with van der Waals surface area (Å²) in [6, 6.07) is 0. The van der Waals surface area contributed by atoms with Crippen molar-refractivity contribution in [1.29, 1.82) is 0 Å². The molecule has 0 spiro atoms. The molecule has 1 aliphatic carbocycles. The van der Waals surface area contributed by atoms with Crippen molar-refractivity contribution in [2.45, 2.75) is 24.9 Å². The molecular formula is C7H5F5. The van der Waals surface area contributed by atoms with E-state index in [0.717, 1.165) is 0 Å². The van der Waals surface area contributed by atoms with Crippen molar-refractivity contribution in [3.05, 3.63) is 0 Å². The van der Waals surface area contributed by atoms with Gasteiger partial charge in [0.2, 0.25) is 0 Å². The Hall–Kier alpha value is -0.790. The molecule has 0 bridgehead atoms. The second kappa shape index (κ2) is 2.12. The molecule has 1 fully saturated rings. The van der Waals surface area contributed by atoms with E-state index < -0.39 is 17.5 Å². The molecule has 0 N–H and O–H groups in total. The lowest BCUT2D eigenvalue weighted by atomic mass is 9.99. The zero-order valence-electron chi connectivity index (χ0n) is 5.88. The molecule has 0 aromatic heterocycles. The van der Waals surface area contributed by atoms with Gasteiger partial charge in [0, 0.05) is 0 Å². The maximum atomic E-state index is 12.5. The molecule has 5 heteroatoms. The van der Waals surface area contributed by atoms with Gasteiger partial charge in [-0.1, -0.05) is 5.92 Å². The van der Waals surface area contributed by atoms with Gasteiger partial charge in [-0.2, -0.15) is 22.0 Å². The van der Waals surface area contributed by atoms with Gasteiger partial charge in [-0.05, 0) is 12.8 Å². The fraction of sp³-hybridized carbons (Fsp3) is 0.714. The molecule has 0 aromatic rings. The smallest absolute Gasteiger partial charge is 0.195 e. The third-order valence-electron chi connectivity index (χ3n) is 1.98. The lowest BCUT2D eigenvalue weighted by molar-refractivity contribution is -0.300. The summed E-state index contributed by atoms with van der Waals surface area (Å²) in [7, 11) is 0. The minimum absolute atomic E-state index is 0.254. The number of halogens is 5. The van der Waals surface area contributed by atoms with E-state index in [1.54, 1.807) is 0 Å². The van der Waals surface area contributed by atoms with Crippen molar-refractivity contribution in [3.8, 4) is 12.3 Å². The lowest BCUT2D eigenvalue weighted by Gasteiger charge is -2.24. The molecule has 68 valence electrons. The van der Waals surface area contributed by atoms with E-state index in [1.807, 2.05) is 0 Å². The fourth-order valence-corrected chi connectivity index (χ4v) is 0.945.